The maximum absolute atomic E-state index is 12.4. The molecule has 4 N–H and O–H groups in total. The molecule has 0 bridgehead atoms. The minimum Gasteiger partial charge on any atom is -0.383 e. The number of carbonyl (C=O) groups excluding carboxylic acids is 2. The van der Waals surface area contributed by atoms with Crippen molar-refractivity contribution in [2.45, 2.75) is 26.2 Å². The number of hydrogen-bond donors (Lipinski definition) is 2. The van der Waals surface area contributed by atoms with Gasteiger partial charge in [-0.05, 0) is 45.1 Å². The van der Waals surface area contributed by atoms with E-state index < -0.39 is 11.8 Å². The van der Waals surface area contributed by atoms with Crippen molar-refractivity contribution in [2.75, 3.05) is 5.73 Å². The zero-order valence-corrected chi connectivity index (χ0v) is 15.3. The second-order valence-electron chi connectivity index (χ2n) is 6.39. The van der Waals surface area contributed by atoms with Gasteiger partial charge < -0.3 is 5.73 Å². The summed E-state index contributed by atoms with van der Waals surface area (Å²) >= 11 is 3.21. The second kappa shape index (κ2) is 6.70. The Balaban J connectivity index is 2.26. The van der Waals surface area contributed by atoms with Gasteiger partial charge in [0, 0.05) is 16.2 Å². The number of hydrogen-bond acceptors (Lipinski definition) is 5. The molecule has 1 heterocycles. The van der Waals surface area contributed by atoms with Gasteiger partial charge in [-0.1, -0.05) is 32.9 Å². The molecule has 0 spiro atoms. The van der Waals surface area contributed by atoms with E-state index in [1.165, 1.54) is 12.3 Å². The Morgan fingerprint density at radius 1 is 1.12 bits per heavy atom. The minimum atomic E-state index is -0.716. The molecule has 0 fully saturated rings. The number of anilines is 1. The number of benzene rings is 1. The lowest BCUT2D eigenvalue weighted by molar-refractivity contribution is 0.0616. The van der Waals surface area contributed by atoms with Crippen LogP contribution in [0.1, 0.15) is 47.1 Å². The van der Waals surface area contributed by atoms with Gasteiger partial charge in [0.1, 0.15) is 5.82 Å². The predicted molar refractivity (Wildman–Crippen MR) is 96.2 cm³/mol. The molecule has 0 saturated carbocycles. The molecule has 24 heavy (non-hydrogen) atoms. The Bertz CT molecular complexity index is 782. The molecule has 126 valence electrons. The van der Waals surface area contributed by atoms with Gasteiger partial charge in [-0.25, -0.2) is 15.8 Å². The van der Waals surface area contributed by atoms with Crippen LogP contribution >= 0.6 is 15.9 Å². The molecular weight excluding hydrogens is 372 g/mol. The van der Waals surface area contributed by atoms with E-state index in [1.54, 1.807) is 12.1 Å². The molecule has 1 aromatic heterocycles. The molecule has 0 saturated heterocycles. The molecule has 6 nitrogen and oxygen atoms in total. The molecule has 0 aliphatic heterocycles. The van der Waals surface area contributed by atoms with E-state index in [0.717, 1.165) is 5.56 Å². The minimum absolute atomic E-state index is 0.00882. The maximum atomic E-state index is 12.4. The zero-order valence-electron chi connectivity index (χ0n) is 13.7. The van der Waals surface area contributed by atoms with Crippen LogP contribution in [0.2, 0.25) is 0 Å². The van der Waals surface area contributed by atoms with E-state index in [9.17, 15) is 9.59 Å². The summed E-state index contributed by atoms with van der Waals surface area (Å²) in [6, 6.07) is 8.47. The largest absolute Gasteiger partial charge is 0.383 e. The van der Waals surface area contributed by atoms with Crippen LogP contribution in [-0.4, -0.2) is 21.8 Å². The van der Waals surface area contributed by atoms with Crippen molar-refractivity contribution < 1.29 is 9.59 Å². The average molecular weight is 391 g/mol. The molecular formula is C17H19BrN4O2. The van der Waals surface area contributed by atoms with Gasteiger partial charge in [0.25, 0.3) is 11.8 Å². The zero-order chi connectivity index (χ0) is 18.1. The fraction of sp³-hybridized carbons (Fsp3) is 0.235. The number of imide groups is 1. The third-order valence-corrected chi connectivity index (χ3v) is 3.98. The van der Waals surface area contributed by atoms with Crippen LogP contribution in [0.5, 0.6) is 0 Å². The van der Waals surface area contributed by atoms with Crippen LogP contribution in [0, 0.1) is 0 Å². The Hall–Kier alpha value is -2.25. The van der Waals surface area contributed by atoms with E-state index in [-0.39, 0.29) is 16.8 Å². The smallest absolute Gasteiger partial charge is 0.278 e. The van der Waals surface area contributed by atoms with E-state index in [0.29, 0.717) is 15.0 Å². The summed E-state index contributed by atoms with van der Waals surface area (Å²) in [6.07, 6.45) is 1.46. The fourth-order valence-electron chi connectivity index (χ4n) is 2.10. The van der Waals surface area contributed by atoms with E-state index in [2.05, 4.69) is 41.7 Å². The highest BCUT2D eigenvalue weighted by atomic mass is 79.9. The van der Waals surface area contributed by atoms with Gasteiger partial charge in [0.2, 0.25) is 0 Å². The standard InChI is InChI=1S/C17H19BrN4O2/c1-17(2,3)11-6-4-10(5-7-11)15(23)22(20)16(24)13-8-12(18)9-21-14(13)19/h4-9H,20H2,1-3H3,(H2,19,21). The van der Waals surface area contributed by atoms with Crippen LogP contribution in [0.15, 0.2) is 41.0 Å². The fourth-order valence-corrected chi connectivity index (χ4v) is 2.43. The first kappa shape index (κ1) is 18.1. The maximum Gasteiger partial charge on any atom is 0.278 e. The topological polar surface area (TPSA) is 102 Å². The summed E-state index contributed by atoms with van der Waals surface area (Å²) in [5, 5.41) is 0.548. The van der Waals surface area contributed by atoms with Crippen molar-refractivity contribution in [3.63, 3.8) is 0 Å². The van der Waals surface area contributed by atoms with Crippen molar-refractivity contribution in [2.24, 2.45) is 5.84 Å². The molecule has 2 aromatic rings. The molecule has 1 aromatic carbocycles. The molecule has 0 aliphatic rings. The number of pyridine rings is 1. The van der Waals surface area contributed by atoms with Gasteiger partial charge in [0.05, 0.1) is 5.56 Å². The Kier molecular flexibility index (Phi) is 5.05. The summed E-state index contributed by atoms with van der Waals surface area (Å²) in [4.78, 5) is 28.7. The van der Waals surface area contributed by atoms with Crippen molar-refractivity contribution in [1.82, 2.24) is 9.99 Å². The van der Waals surface area contributed by atoms with Crippen molar-refractivity contribution in [3.8, 4) is 0 Å². The summed E-state index contributed by atoms with van der Waals surface area (Å²) in [5.41, 5.74) is 7.12. The molecule has 2 rings (SSSR count). The molecule has 0 unspecified atom stereocenters. The van der Waals surface area contributed by atoms with E-state index in [4.69, 9.17) is 11.6 Å². The number of hydrazine groups is 1. The first-order valence-electron chi connectivity index (χ1n) is 7.26. The average Bonchev–Trinajstić information content (AvgIpc) is 2.54. The highest BCUT2D eigenvalue weighted by Crippen LogP contribution is 2.23. The summed E-state index contributed by atoms with van der Waals surface area (Å²) in [5.74, 6) is 4.38. The van der Waals surface area contributed by atoms with Crippen molar-refractivity contribution >= 4 is 33.6 Å². The molecule has 2 amide bonds. The van der Waals surface area contributed by atoms with Crippen LogP contribution in [0.25, 0.3) is 0 Å². The number of carbonyl (C=O) groups is 2. The third kappa shape index (κ3) is 3.80. The quantitative estimate of drug-likeness (QED) is 0.355. The van der Waals surface area contributed by atoms with E-state index in [1.807, 2.05) is 12.1 Å². The molecule has 7 heteroatoms. The first-order valence-corrected chi connectivity index (χ1v) is 8.05. The lowest BCUT2D eigenvalue weighted by Crippen LogP contribution is -2.43. The normalized spacial score (nSPS) is 11.2. The number of nitrogens with zero attached hydrogens (tertiary/aromatic N) is 2. The first-order chi connectivity index (χ1) is 11.1. The third-order valence-electron chi connectivity index (χ3n) is 3.55. The Labute approximate surface area is 148 Å². The van der Waals surface area contributed by atoms with Gasteiger partial charge in [-0.15, -0.1) is 0 Å². The molecule has 0 radical (unpaired) electrons. The van der Waals surface area contributed by atoms with Gasteiger partial charge in [-0.2, -0.15) is 0 Å². The van der Waals surface area contributed by atoms with Crippen LogP contribution in [0.4, 0.5) is 5.82 Å². The van der Waals surface area contributed by atoms with Crippen molar-refractivity contribution in [1.29, 1.82) is 0 Å². The molecule has 0 atom stereocenters. The van der Waals surface area contributed by atoms with Crippen LogP contribution in [0.3, 0.4) is 0 Å². The number of halogens is 1. The second-order valence-corrected chi connectivity index (χ2v) is 7.31. The molecule has 0 aliphatic carbocycles. The number of amides is 2. The van der Waals surface area contributed by atoms with Crippen LogP contribution in [-0.2, 0) is 5.41 Å². The highest BCUT2D eigenvalue weighted by molar-refractivity contribution is 9.10. The monoisotopic (exact) mass is 390 g/mol. The SMILES string of the molecule is CC(C)(C)c1ccc(C(=O)N(N)C(=O)c2cc(Br)cnc2N)cc1. The lowest BCUT2D eigenvalue weighted by Gasteiger charge is -2.20. The summed E-state index contributed by atoms with van der Waals surface area (Å²) in [6.45, 7) is 6.23. The number of nitrogen functional groups attached to an aromatic ring is 1. The van der Waals surface area contributed by atoms with E-state index >= 15 is 0 Å². The predicted octanol–water partition coefficient (Wildman–Crippen LogP) is 2.88. The van der Waals surface area contributed by atoms with Gasteiger partial charge >= 0.3 is 0 Å². The van der Waals surface area contributed by atoms with Crippen molar-refractivity contribution in [3.05, 3.63) is 57.7 Å². The van der Waals surface area contributed by atoms with Gasteiger partial charge in [0.15, 0.2) is 0 Å². The number of aromatic nitrogens is 1. The van der Waals surface area contributed by atoms with Crippen LogP contribution < -0.4 is 11.6 Å². The summed E-state index contributed by atoms with van der Waals surface area (Å²) < 4.78 is 0.565. The number of rotatable bonds is 2. The number of nitrogens with two attached hydrogens (primary N) is 2. The summed E-state index contributed by atoms with van der Waals surface area (Å²) in [7, 11) is 0. The highest BCUT2D eigenvalue weighted by Gasteiger charge is 2.24. The Morgan fingerprint density at radius 2 is 1.71 bits per heavy atom. The lowest BCUT2D eigenvalue weighted by atomic mass is 9.86. The Morgan fingerprint density at radius 3 is 2.25 bits per heavy atom. The van der Waals surface area contributed by atoms with Gasteiger partial charge in [-0.3, -0.25) is 9.59 Å².